The molecule has 1 aromatic rings. The highest BCUT2D eigenvalue weighted by Gasteiger charge is 2.17. The summed E-state index contributed by atoms with van der Waals surface area (Å²) in [5.74, 6) is 0.142. The second kappa shape index (κ2) is 4.91. The van der Waals surface area contributed by atoms with Gasteiger partial charge in [0.2, 0.25) is 11.8 Å². The number of aromatic nitrogens is 2. The van der Waals surface area contributed by atoms with E-state index in [2.05, 4.69) is 15.3 Å². The van der Waals surface area contributed by atoms with Crippen LogP contribution in [0.2, 0.25) is 0 Å². The van der Waals surface area contributed by atoms with E-state index in [9.17, 15) is 10.1 Å². The van der Waals surface area contributed by atoms with Crippen LogP contribution in [-0.2, 0) is 4.74 Å². The standard InChI is InChI=1S/C9H13N5O3/c10-8-7(14(15)16)5-12-9(13-8)11-4-6-2-1-3-17-6/h5-6H,1-4H2,(H3,10,11,12,13)/t6-/m0/s1. The van der Waals surface area contributed by atoms with Crippen LogP contribution in [0.1, 0.15) is 12.8 Å². The molecule has 1 aliphatic heterocycles. The minimum atomic E-state index is -0.612. The van der Waals surface area contributed by atoms with Crippen molar-refractivity contribution in [1.82, 2.24) is 9.97 Å². The lowest BCUT2D eigenvalue weighted by Crippen LogP contribution is -2.19. The second-order valence-electron chi connectivity index (χ2n) is 3.74. The van der Waals surface area contributed by atoms with Crippen molar-refractivity contribution in [3.63, 3.8) is 0 Å². The average molecular weight is 239 g/mol. The fraction of sp³-hybridized carbons (Fsp3) is 0.556. The minimum absolute atomic E-state index is 0.139. The van der Waals surface area contributed by atoms with Gasteiger partial charge in [0.15, 0.2) is 0 Å². The number of hydrogen-bond donors (Lipinski definition) is 2. The quantitative estimate of drug-likeness (QED) is 0.582. The van der Waals surface area contributed by atoms with Crippen molar-refractivity contribution in [1.29, 1.82) is 0 Å². The summed E-state index contributed by atoms with van der Waals surface area (Å²) < 4.78 is 5.41. The highest BCUT2D eigenvalue weighted by Crippen LogP contribution is 2.18. The van der Waals surface area contributed by atoms with Crippen LogP contribution in [0.5, 0.6) is 0 Å². The molecule has 1 saturated heterocycles. The molecule has 0 aliphatic carbocycles. The van der Waals surface area contributed by atoms with E-state index in [-0.39, 0.29) is 23.6 Å². The van der Waals surface area contributed by atoms with E-state index in [0.717, 1.165) is 25.6 Å². The summed E-state index contributed by atoms with van der Waals surface area (Å²) >= 11 is 0. The fourth-order valence-corrected chi connectivity index (χ4v) is 1.62. The molecule has 8 nitrogen and oxygen atoms in total. The lowest BCUT2D eigenvalue weighted by Gasteiger charge is -2.10. The first-order valence-electron chi connectivity index (χ1n) is 5.29. The summed E-state index contributed by atoms with van der Waals surface area (Å²) in [4.78, 5) is 17.5. The molecule has 17 heavy (non-hydrogen) atoms. The molecule has 1 atom stereocenters. The number of nitro groups is 1. The van der Waals surface area contributed by atoms with Gasteiger partial charge in [-0.25, -0.2) is 4.98 Å². The third-order valence-electron chi connectivity index (χ3n) is 2.51. The molecule has 8 heteroatoms. The molecule has 0 spiro atoms. The highest BCUT2D eigenvalue weighted by atomic mass is 16.6. The molecule has 0 amide bonds. The molecule has 2 heterocycles. The molecule has 92 valence electrons. The molecule has 0 aromatic carbocycles. The van der Waals surface area contributed by atoms with Crippen molar-refractivity contribution in [2.45, 2.75) is 18.9 Å². The van der Waals surface area contributed by atoms with Crippen LogP contribution in [0.25, 0.3) is 0 Å². The zero-order chi connectivity index (χ0) is 12.3. The van der Waals surface area contributed by atoms with Gasteiger partial charge in [0.05, 0.1) is 11.0 Å². The van der Waals surface area contributed by atoms with Crippen LogP contribution in [0.4, 0.5) is 17.5 Å². The Morgan fingerprint density at radius 3 is 3.12 bits per heavy atom. The van der Waals surface area contributed by atoms with Gasteiger partial charge in [-0.15, -0.1) is 0 Å². The third-order valence-corrected chi connectivity index (χ3v) is 2.51. The number of nitrogens with zero attached hydrogens (tertiary/aromatic N) is 3. The molecular weight excluding hydrogens is 226 g/mol. The smallest absolute Gasteiger partial charge is 0.329 e. The first-order valence-corrected chi connectivity index (χ1v) is 5.29. The number of ether oxygens (including phenoxy) is 1. The summed E-state index contributed by atoms with van der Waals surface area (Å²) in [6.07, 6.45) is 3.29. The summed E-state index contributed by atoms with van der Waals surface area (Å²) in [6.45, 7) is 1.35. The van der Waals surface area contributed by atoms with Gasteiger partial charge in [0.1, 0.15) is 6.20 Å². The van der Waals surface area contributed by atoms with Crippen LogP contribution < -0.4 is 11.1 Å². The number of rotatable bonds is 4. The third kappa shape index (κ3) is 2.78. The van der Waals surface area contributed by atoms with Crippen molar-refractivity contribution in [2.75, 3.05) is 24.2 Å². The molecule has 0 unspecified atom stereocenters. The maximum atomic E-state index is 10.5. The van der Waals surface area contributed by atoms with Crippen LogP contribution in [0, 0.1) is 10.1 Å². The molecule has 3 N–H and O–H groups in total. The Labute approximate surface area is 97.3 Å². The predicted octanol–water partition coefficient (Wildman–Crippen LogP) is 0.558. The van der Waals surface area contributed by atoms with E-state index in [1.165, 1.54) is 0 Å². The molecule has 1 aromatic heterocycles. The van der Waals surface area contributed by atoms with Gasteiger partial charge in [-0.1, -0.05) is 0 Å². The Morgan fingerprint density at radius 2 is 2.53 bits per heavy atom. The molecule has 1 fully saturated rings. The lowest BCUT2D eigenvalue weighted by atomic mass is 10.2. The maximum Gasteiger partial charge on any atom is 0.329 e. The van der Waals surface area contributed by atoms with Crippen molar-refractivity contribution >= 4 is 17.5 Å². The van der Waals surface area contributed by atoms with Crippen molar-refractivity contribution in [3.8, 4) is 0 Å². The predicted molar refractivity (Wildman–Crippen MR) is 60.6 cm³/mol. The Hall–Kier alpha value is -1.96. The zero-order valence-electron chi connectivity index (χ0n) is 9.13. The maximum absolute atomic E-state index is 10.5. The van der Waals surface area contributed by atoms with Gasteiger partial charge < -0.3 is 15.8 Å². The van der Waals surface area contributed by atoms with Gasteiger partial charge >= 0.3 is 5.69 Å². The summed E-state index contributed by atoms with van der Waals surface area (Å²) in [5.41, 5.74) is 5.16. The minimum Gasteiger partial charge on any atom is -0.378 e. The monoisotopic (exact) mass is 239 g/mol. The van der Waals surface area contributed by atoms with Crippen molar-refractivity contribution in [2.24, 2.45) is 0 Å². The molecule has 0 saturated carbocycles. The highest BCUT2D eigenvalue weighted by molar-refractivity contribution is 5.53. The number of nitrogens with one attached hydrogen (secondary N) is 1. The number of nitrogen functional groups attached to an aromatic ring is 1. The van der Waals surface area contributed by atoms with Crippen molar-refractivity contribution < 1.29 is 9.66 Å². The molecule has 0 bridgehead atoms. The zero-order valence-corrected chi connectivity index (χ0v) is 9.13. The van der Waals surface area contributed by atoms with E-state index in [0.29, 0.717) is 6.54 Å². The van der Waals surface area contributed by atoms with E-state index in [4.69, 9.17) is 10.5 Å². The largest absolute Gasteiger partial charge is 0.378 e. The summed E-state index contributed by atoms with van der Waals surface area (Å²) in [5, 5.41) is 13.4. The topological polar surface area (TPSA) is 116 Å². The second-order valence-corrected chi connectivity index (χ2v) is 3.74. The van der Waals surface area contributed by atoms with Gasteiger partial charge in [-0.2, -0.15) is 4.98 Å². The van der Waals surface area contributed by atoms with Gasteiger partial charge in [-0.05, 0) is 12.8 Å². The molecular formula is C9H13N5O3. The van der Waals surface area contributed by atoms with Gasteiger partial charge in [0.25, 0.3) is 0 Å². The lowest BCUT2D eigenvalue weighted by molar-refractivity contribution is -0.384. The Morgan fingerprint density at radius 1 is 1.71 bits per heavy atom. The fourth-order valence-electron chi connectivity index (χ4n) is 1.62. The number of hydrogen-bond acceptors (Lipinski definition) is 7. The van der Waals surface area contributed by atoms with E-state index >= 15 is 0 Å². The van der Waals surface area contributed by atoms with E-state index in [1.807, 2.05) is 0 Å². The number of nitrogens with two attached hydrogens (primary N) is 1. The normalized spacial score (nSPS) is 19.2. The Balaban J connectivity index is 1.97. The first-order chi connectivity index (χ1) is 8.16. The molecule has 1 aliphatic rings. The molecule has 0 radical (unpaired) electrons. The Bertz CT molecular complexity index is 419. The van der Waals surface area contributed by atoms with Gasteiger partial charge in [-0.3, -0.25) is 10.1 Å². The van der Waals surface area contributed by atoms with E-state index < -0.39 is 4.92 Å². The Kier molecular flexibility index (Phi) is 3.33. The van der Waals surface area contributed by atoms with Crippen LogP contribution >= 0.6 is 0 Å². The van der Waals surface area contributed by atoms with Crippen LogP contribution in [-0.4, -0.2) is 34.1 Å². The first kappa shape index (κ1) is 11.5. The van der Waals surface area contributed by atoms with Crippen LogP contribution in [0.15, 0.2) is 6.20 Å². The van der Waals surface area contributed by atoms with Crippen LogP contribution in [0.3, 0.4) is 0 Å². The molecule has 2 rings (SSSR count). The average Bonchev–Trinajstić information content (AvgIpc) is 2.78. The summed E-state index contributed by atoms with van der Waals surface area (Å²) in [6, 6.07) is 0. The van der Waals surface area contributed by atoms with Gasteiger partial charge in [0, 0.05) is 13.2 Å². The summed E-state index contributed by atoms with van der Waals surface area (Å²) in [7, 11) is 0. The SMILES string of the molecule is Nc1nc(NC[C@@H]2CCCO2)ncc1[N+](=O)[O-]. The van der Waals surface area contributed by atoms with Crippen molar-refractivity contribution in [3.05, 3.63) is 16.3 Å². The number of anilines is 2. The van der Waals surface area contributed by atoms with E-state index in [1.54, 1.807) is 0 Å².